The molecule has 1 N–H and O–H groups in total. The van der Waals surface area contributed by atoms with Crippen molar-refractivity contribution in [2.24, 2.45) is 0 Å². The van der Waals surface area contributed by atoms with Crippen LogP contribution in [0.4, 0.5) is 22.0 Å². The third-order valence-corrected chi connectivity index (χ3v) is 3.32. The molecule has 1 aromatic carbocycles. The van der Waals surface area contributed by atoms with E-state index in [2.05, 4.69) is 4.52 Å². The smallest absolute Gasteiger partial charge is 0.328 e. The lowest BCUT2D eigenvalue weighted by atomic mass is 10.0. The summed E-state index contributed by atoms with van der Waals surface area (Å²) in [6, 6.07) is 4.23. The third kappa shape index (κ3) is 8.49. The summed E-state index contributed by atoms with van der Waals surface area (Å²) in [6.07, 6.45) is -5.68. The van der Waals surface area contributed by atoms with Gasteiger partial charge in [0.25, 0.3) is 0 Å². The molecule has 26 heavy (non-hydrogen) atoms. The van der Waals surface area contributed by atoms with Gasteiger partial charge < -0.3 is 13.9 Å². The van der Waals surface area contributed by atoms with Gasteiger partial charge in [-0.1, -0.05) is 52.0 Å². The number of ketones is 1. The number of halogens is 5. The van der Waals surface area contributed by atoms with Gasteiger partial charge in [0.05, 0.1) is 6.61 Å². The van der Waals surface area contributed by atoms with E-state index in [9.17, 15) is 26.7 Å². The molecule has 0 spiro atoms. The SMILES string of the molecule is CC.CC.COP(O)OCCc1ccc(C(=O)C(F)(F)C(F)(F)F)cc1. The molecule has 4 nitrogen and oxygen atoms in total. The normalized spacial score (nSPS) is 12.3. The number of Topliss-reactive ketones (excluding diaryl/α,β-unsaturated/α-hetero) is 1. The Labute approximate surface area is 151 Å². The monoisotopic (exact) mass is 406 g/mol. The molecular formula is C16H24F5O4P. The van der Waals surface area contributed by atoms with E-state index in [4.69, 9.17) is 9.42 Å². The first-order chi connectivity index (χ1) is 12.1. The van der Waals surface area contributed by atoms with Gasteiger partial charge in [0.2, 0.25) is 5.78 Å². The molecule has 0 aliphatic heterocycles. The van der Waals surface area contributed by atoms with Crippen LogP contribution in [0.3, 0.4) is 0 Å². The summed E-state index contributed by atoms with van der Waals surface area (Å²) in [7, 11) is -0.755. The Morgan fingerprint density at radius 2 is 1.50 bits per heavy atom. The highest BCUT2D eigenvalue weighted by atomic mass is 31.2. The van der Waals surface area contributed by atoms with Crippen molar-refractivity contribution in [2.75, 3.05) is 13.7 Å². The number of carbonyl (C=O) groups excluding carboxylic acids is 1. The van der Waals surface area contributed by atoms with E-state index >= 15 is 0 Å². The second-order valence-corrected chi connectivity index (χ2v) is 5.20. The van der Waals surface area contributed by atoms with Crippen molar-refractivity contribution in [1.82, 2.24) is 0 Å². The maximum Gasteiger partial charge on any atom is 0.461 e. The molecule has 0 aliphatic rings. The highest BCUT2D eigenvalue weighted by molar-refractivity contribution is 7.40. The van der Waals surface area contributed by atoms with Crippen LogP contribution in [-0.4, -0.2) is 36.5 Å². The Hall–Kier alpha value is -1.15. The molecule has 1 rings (SSSR count). The molecule has 1 atom stereocenters. The minimum atomic E-state index is -5.94. The zero-order valence-electron chi connectivity index (χ0n) is 15.2. The van der Waals surface area contributed by atoms with Gasteiger partial charge in [0.15, 0.2) is 0 Å². The van der Waals surface area contributed by atoms with Crippen LogP contribution in [0, 0.1) is 0 Å². The van der Waals surface area contributed by atoms with Crippen molar-refractivity contribution in [3.05, 3.63) is 35.4 Å². The predicted molar refractivity (Wildman–Crippen MR) is 90.3 cm³/mol. The highest BCUT2D eigenvalue weighted by Crippen LogP contribution is 2.38. The number of hydrogen-bond donors (Lipinski definition) is 1. The maximum absolute atomic E-state index is 12.9. The summed E-state index contributed by atoms with van der Waals surface area (Å²) in [5, 5.41) is 0. The lowest BCUT2D eigenvalue weighted by Crippen LogP contribution is -2.44. The first-order valence-electron chi connectivity index (χ1n) is 7.84. The Morgan fingerprint density at radius 1 is 1.04 bits per heavy atom. The minimum Gasteiger partial charge on any atom is -0.328 e. The van der Waals surface area contributed by atoms with Gasteiger partial charge in [0, 0.05) is 12.7 Å². The van der Waals surface area contributed by atoms with Gasteiger partial charge in [0.1, 0.15) is 0 Å². The number of rotatable bonds is 7. The fourth-order valence-corrected chi connectivity index (χ4v) is 1.78. The van der Waals surface area contributed by atoms with Crippen molar-refractivity contribution in [3.8, 4) is 0 Å². The van der Waals surface area contributed by atoms with Gasteiger partial charge in [-0.3, -0.25) is 4.79 Å². The quantitative estimate of drug-likeness (QED) is 0.367. The van der Waals surface area contributed by atoms with Crippen molar-refractivity contribution in [3.63, 3.8) is 0 Å². The van der Waals surface area contributed by atoms with Gasteiger partial charge >= 0.3 is 20.7 Å². The Bertz CT molecular complexity index is 506. The average Bonchev–Trinajstić information content (AvgIpc) is 2.64. The molecule has 0 fully saturated rings. The molecule has 152 valence electrons. The topological polar surface area (TPSA) is 55.8 Å². The lowest BCUT2D eigenvalue weighted by Gasteiger charge is -2.18. The summed E-state index contributed by atoms with van der Waals surface area (Å²) in [5.74, 6) is -7.73. The predicted octanol–water partition coefficient (Wildman–Crippen LogP) is 5.54. The van der Waals surface area contributed by atoms with E-state index in [-0.39, 0.29) is 13.0 Å². The molecule has 0 heterocycles. The zero-order valence-corrected chi connectivity index (χ0v) is 16.1. The first kappa shape index (κ1) is 27.1. The number of hydrogen-bond acceptors (Lipinski definition) is 4. The fraction of sp³-hybridized carbons (Fsp3) is 0.562. The van der Waals surface area contributed by atoms with E-state index in [1.165, 1.54) is 19.2 Å². The number of carbonyl (C=O) groups is 1. The van der Waals surface area contributed by atoms with Crippen LogP contribution >= 0.6 is 8.60 Å². The Morgan fingerprint density at radius 3 is 1.88 bits per heavy atom. The van der Waals surface area contributed by atoms with Crippen LogP contribution in [0.25, 0.3) is 0 Å². The summed E-state index contributed by atoms with van der Waals surface area (Å²) < 4.78 is 71.4. The molecular weight excluding hydrogens is 382 g/mol. The van der Waals surface area contributed by atoms with Crippen molar-refractivity contribution < 1.29 is 40.7 Å². The molecule has 10 heteroatoms. The number of benzene rings is 1. The van der Waals surface area contributed by atoms with Gasteiger partial charge in [-0.15, -0.1) is 0 Å². The van der Waals surface area contributed by atoms with Crippen molar-refractivity contribution >= 4 is 14.4 Å². The van der Waals surface area contributed by atoms with E-state index in [1.54, 1.807) is 0 Å². The third-order valence-electron chi connectivity index (χ3n) is 2.61. The van der Waals surface area contributed by atoms with Gasteiger partial charge in [-0.25, -0.2) is 0 Å². The Balaban J connectivity index is 0. The largest absolute Gasteiger partial charge is 0.461 e. The van der Waals surface area contributed by atoms with Crippen LogP contribution in [0.5, 0.6) is 0 Å². The molecule has 0 saturated heterocycles. The molecule has 0 bridgehead atoms. The molecule has 0 amide bonds. The van der Waals surface area contributed by atoms with Crippen LogP contribution < -0.4 is 0 Å². The van der Waals surface area contributed by atoms with Gasteiger partial charge in [-0.2, -0.15) is 22.0 Å². The maximum atomic E-state index is 12.9. The molecule has 0 radical (unpaired) electrons. The second-order valence-electron chi connectivity index (χ2n) is 4.10. The molecule has 0 aromatic heterocycles. The standard InChI is InChI=1S/C12H12F5O4P.2C2H6/c1-20-22(19)21-7-6-8-2-4-9(5-3-8)10(18)11(13,14)12(15,16)17;2*1-2/h2-5,19H,6-7H2,1H3;2*1-2H3. The van der Waals surface area contributed by atoms with Gasteiger partial charge in [-0.05, 0) is 12.0 Å². The minimum absolute atomic E-state index is 0.0576. The number of alkyl halides is 5. The highest BCUT2D eigenvalue weighted by Gasteiger charge is 2.63. The lowest BCUT2D eigenvalue weighted by molar-refractivity contribution is -0.255. The molecule has 0 aliphatic carbocycles. The first-order valence-corrected chi connectivity index (χ1v) is 8.97. The van der Waals surface area contributed by atoms with Crippen LogP contribution in [-0.2, 0) is 15.5 Å². The fourth-order valence-electron chi connectivity index (χ4n) is 1.43. The van der Waals surface area contributed by atoms with Crippen molar-refractivity contribution in [1.29, 1.82) is 0 Å². The second kappa shape index (κ2) is 13.1. The van der Waals surface area contributed by atoms with Crippen LogP contribution in [0.1, 0.15) is 43.6 Å². The summed E-state index contributed by atoms with van der Waals surface area (Å²) in [6.45, 7) is 8.06. The Kier molecular flexibility index (Phi) is 13.6. The van der Waals surface area contributed by atoms with E-state index in [0.29, 0.717) is 5.56 Å². The van der Waals surface area contributed by atoms with Crippen LogP contribution in [0.2, 0.25) is 0 Å². The van der Waals surface area contributed by atoms with Crippen molar-refractivity contribution in [2.45, 2.75) is 46.2 Å². The molecule has 1 aromatic rings. The van der Waals surface area contributed by atoms with E-state index in [0.717, 1.165) is 12.1 Å². The summed E-state index contributed by atoms with van der Waals surface area (Å²) >= 11 is 0. The summed E-state index contributed by atoms with van der Waals surface area (Å²) in [4.78, 5) is 20.2. The summed E-state index contributed by atoms with van der Waals surface area (Å²) in [5.41, 5.74) is -0.209. The molecule has 0 saturated carbocycles. The average molecular weight is 406 g/mol. The molecule has 1 unspecified atom stereocenters. The zero-order chi connectivity index (χ0) is 21.0. The van der Waals surface area contributed by atoms with E-state index in [1.807, 2.05) is 27.7 Å². The van der Waals surface area contributed by atoms with Crippen LogP contribution in [0.15, 0.2) is 24.3 Å². The van der Waals surface area contributed by atoms with E-state index < -0.39 is 32.0 Å².